The second-order valence-corrected chi connectivity index (χ2v) is 9.75. The molecule has 0 radical (unpaired) electrons. The molecule has 4 bridgehead atoms. The Morgan fingerprint density at radius 1 is 1.12 bits per heavy atom. The third kappa shape index (κ3) is 4.32. The minimum absolute atomic E-state index is 0.228. The van der Waals surface area contributed by atoms with E-state index in [0.717, 1.165) is 24.3 Å². The topological polar surface area (TPSA) is 41.5 Å². The molecule has 1 aromatic rings. The number of hydrogen-bond acceptors (Lipinski definition) is 3. The van der Waals surface area contributed by atoms with Gasteiger partial charge in [-0.1, -0.05) is 23.2 Å². The second-order valence-electron chi connectivity index (χ2n) is 8.91. The number of ether oxygens (including phenoxy) is 1. The van der Waals surface area contributed by atoms with Crippen molar-refractivity contribution in [2.75, 3.05) is 19.7 Å². The van der Waals surface area contributed by atoms with Crippen molar-refractivity contribution in [2.24, 2.45) is 23.2 Å². The highest BCUT2D eigenvalue weighted by Crippen LogP contribution is 2.61. The Kier molecular flexibility index (Phi) is 5.71. The molecule has 1 aromatic carbocycles. The van der Waals surface area contributed by atoms with Crippen LogP contribution in [-0.4, -0.2) is 30.9 Å². The van der Waals surface area contributed by atoms with Crippen LogP contribution in [0.5, 0.6) is 5.75 Å². The van der Waals surface area contributed by atoms with Gasteiger partial charge in [0, 0.05) is 11.6 Å². The lowest BCUT2D eigenvalue weighted by Gasteiger charge is -2.57. The number of nitrogens with one attached hydrogen (secondary N) is 1. The Morgan fingerprint density at radius 3 is 2.38 bits per heavy atom. The molecule has 0 amide bonds. The fraction of sp³-hybridized carbons (Fsp3) is 0.714. The van der Waals surface area contributed by atoms with E-state index in [0.29, 0.717) is 27.8 Å². The average molecular weight is 398 g/mol. The zero-order chi connectivity index (χ0) is 18.1. The average Bonchev–Trinajstić information content (AvgIpc) is 2.57. The molecule has 1 atom stereocenters. The summed E-state index contributed by atoms with van der Waals surface area (Å²) in [7, 11) is 0. The van der Waals surface area contributed by atoms with Crippen molar-refractivity contribution in [3.8, 4) is 5.75 Å². The summed E-state index contributed by atoms with van der Waals surface area (Å²) in [5.74, 6) is 3.57. The van der Waals surface area contributed by atoms with Crippen molar-refractivity contribution in [2.45, 2.75) is 51.0 Å². The standard InChI is InChI=1S/C21H29Cl2NO2/c22-17-1-2-20(19(23)8-17)26-13-18(25)12-24-4-3-21-9-14-5-15(10-21)7-16(6-14)11-21/h1-2,8,14-16,18,24-25H,3-7,9-13H2. The number of hydrogen-bond donors (Lipinski definition) is 2. The first-order valence-corrected chi connectivity index (χ1v) is 10.7. The predicted octanol–water partition coefficient (Wildman–Crippen LogP) is 4.93. The van der Waals surface area contributed by atoms with E-state index in [-0.39, 0.29) is 6.61 Å². The molecule has 144 valence electrons. The van der Waals surface area contributed by atoms with Gasteiger partial charge in [-0.2, -0.15) is 0 Å². The van der Waals surface area contributed by atoms with E-state index in [9.17, 15) is 5.11 Å². The first-order valence-electron chi connectivity index (χ1n) is 9.98. The van der Waals surface area contributed by atoms with Gasteiger partial charge >= 0.3 is 0 Å². The normalized spacial score (nSPS) is 33.4. The third-order valence-electron chi connectivity index (χ3n) is 6.70. The monoisotopic (exact) mass is 397 g/mol. The van der Waals surface area contributed by atoms with Crippen molar-refractivity contribution in [3.63, 3.8) is 0 Å². The van der Waals surface area contributed by atoms with Crippen LogP contribution in [0.15, 0.2) is 18.2 Å². The van der Waals surface area contributed by atoms with Crippen LogP contribution in [0.3, 0.4) is 0 Å². The summed E-state index contributed by atoms with van der Waals surface area (Å²) < 4.78 is 5.60. The Bertz CT molecular complexity index is 601. The van der Waals surface area contributed by atoms with Crippen LogP contribution in [-0.2, 0) is 0 Å². The van der Waals surface area contributed by atoms with E-state index < -0.39 is 6.10 Å². The van der Waals surface area contributed by atoms with Gasteiger partial charge in [-0.3, -0.25) is 0 Å². The molecular weight excluding hydrogens is 369 g/mol. The first kappa shape index (κ1) is 18.9. The number of halogens is 2. The van der Waals surface area contributed by atoms with Crippen molar-refractivity contribution >= 4 is 23.2 Å². The Hall–Kier alpha value is -0.480. The second kappa shape index (κ2) is 7.87. The van der Waals surface area contributed by atoms with E-state index in [1.807, 2.05) is 0 Å². The van der Waals surface area contributed by atoms with E-state index in [4.69, 9.17) is 27.9 Å². The summed E-state index contributed by atoms with van der Waals surface area (Å²) in [6.45, 7) is 1.77. The number of aliphatic hydroxyl groups excluding tert-OH is 1. The molecule has 1 unspecified atom stereocenters. The zero-order valence-electron chi connectivity index (χ0n) is 15.2. The smallest absolute Gasteiger partial charge is 0.138 e. The lowest BCUT2D eigenvalue weighted by molar-refractivity contribution is -0.0570. The molecule has 0 saturated heterocycles. The van der Waals surface area contributed by atoms with Crippen molar-refractivity contribution in [1.29, 1.82) is 0 Å². The van der Waals surface area contributed by atoms with Crippen LogP contribution in [0.25, 0.3) is 0 Å². The molecule has 0 aliphatic heterocycles. The Balaban J connectivity index is 1.17. The fourth-order valence-corrected chi connectivity index (χ4v) is 6.52. The van der Waals surface area contributed by atoms with Crippen LogP contribution in [0, 0.1) is 23.2 Å². The summed E-state index contributed by atoms with van der Waals surface area (Å²) in [5.41, 5.74) is 0.597. The summed E-state index contributed by atoms with van der Waals surface area (Å²) in [6.07, 6.45) is 9.54. The van der Waals surface area contributed by atoms with Crippen molar-refractivity contribution in [1.82, 2.24) is 5.32 Å². The molecule has 4 fully saturated rings. The van der Waals surface area contributed by atoms with Gasteiger partial charge in [0.1, 0.15) is 18.5 Å². The molecule has 4 aliphatic carbocycles. The van der Waals surface area contributed by atoms with E-state index in [2.05, 4.69) is 5.32 Å². The van der Waals surface area contributed by atoms with Gasteiger partial charge in [0.25, 0.3) is 0 Å². The summed E-state index contributed by atoms with van der Waals surface area (Å²) in [6, 6.07) is 5.12. The van der Waals surface area contributed by atoms with Gasteiger partial charge in [-0.05, 0) is 92.9 Å². The molecule has 0 aromatic heterocycles. The van der Waals surface area contributed by atoms with Gasteiger partial charge in [-0.25, -0.2) is 0 Å². The van der Waals surface area contributed by atoms with Crippen LogP contribution in [0.4, 0.5) is 0 Å². The Labute approximate surface area is 166 Å². The summed E-state index contributed by atoms with van der Waals surface area (Å²) in [4.78, 5) is 0. The molecule has 26 heavy (non-hydrogen) atoms. The molecule has 5 heteroatoms. The molecule has 2 N–H and O–H groups in total. The SMILES string of the molecule is OC(CNCCC12CC3CC(CC(C3)C1)C2)COc1ccc(Cl)cc1Cl. The van der Waals surface area contributed by atoms with E-state index in [1.54, 1.807) is 18.2 Å². The highest BCUT2D eigenvalue weighted by Gasteiger charge is 2.50. The molecule has 0 heterocycles. The first-order chi connectivity index (χ1) is 12.5. The number of aliphatic hydroxyl groups is 1. The van der Waals surface area contributed by atoms with Gasteiger partial charge in [0.05, 0.1) is 5.02 Å². The highest BCUT2D eigenvalue weighted by atomic mass is 35.5. The van der Waals surface area contributed by atoms with Crippen LogP contribution < -0.4 is 10.1 Å². The van der Waals surface area contributed by atoms with E-state index >= 15 is 0 Å². The van der Waals surface area contributed by atoms with Gasteiger partial charge in [0.15, 0.2) is 0 Å². The predicted molar refractivity (Wildman–Crippen MR) is 106 cm³/mol. The minimum atomic E-state index is -0.543. The summed E-state index contributed by atoms with van der Waals surface area (Å²) in [5, 5.41) is 14.6. The van der Waals surface area contributed by atoms with Crippen LogP contribution >= 0.6 is 23.2 Å². The minimum Gasteiger partial charge on any atom is -0.489 e. The summed E-state index contributed by atoms with van der Waals surface area (Å²) >= 11 is 12.0. The maximum atomic E-state index is 10.2. The molecule has 4 saturated carbocycles. The van der Waals surface area contributed by atoms with Crippen molar-refractivity contribution in [3.05, 3.63) is 28.2 Å². The van der Waals surface area contributed by atoms with Crippen LogP contribution in [0.1, 0.15) is 44.9 Å². The number of benzene rings is 1. The highest BCUT2D eigenvalue weighted by molar-refractivity contribution is 6.35. The molecular formula is C21H29Cl2NO2. The third-order valence-corrected chi connectivity index (χ3v) is 7.23. The van der Waals surface area contributed by atoms with Crippen molar-refractivity contribution < 1.29 is 9.84 Å². The van der Waals surface area contributed by atoms with E-state index in [1.165, 1.54) is 44.9 Å². The van der Waals surface area contributed by atoms with Gasteiger partial charge in [0.2, 0.25) is 0 Å². The zero-order valence-corrected chi connectivity index (χ0v) is 16.7. The number of rotatable bonds is 8. The van der Waals surface area contributed by atoms with Crippen LogP contribution in [0.2, 0.25) is 10.0 Å². The quantitative estimate of drug-likeness (QED) is 0.610. The largest absolute Gasteiger partial charge is 0.489 e. The molecule has 4 aliphatic rings. The molecule has 3 nitrogen and oxygen atoms in total. The maximum absolute atomic E-state index is 10.2. The Morgan fingerprint density at radius 2 is 1.77 bits per heavy atom. The maximum Gasteiger partial charge on any atom is 0.138 e. The lowest BCUT2D eigenvalue weighted by atomic mass is 9.49. The van der Waals surface area contributed by atoms with Gasteiger partial charge in [-0.15, -0.1) is 0 Å². The lowest BCUT2D eigenvalue weighted by Crippen LogP contribution is -2.47. The van der Waals surface area contributed by atoms with Gasteiger partial charge < -0.3 is 15.2 Å². The molecule has 0 spiro atoms. The molecule has 5 rings (SSSR count). The fourth-order valence-electron chi connectivity index (χ4n) is 6.06.